The molecule has 3 nitrogen and oxygen atoms in total. The summed E-state index contributed by atoms with van der Waals surface area (Å²) in [7, 11) is 0. The number of aryl methyl sites for hydroxylation is 2. The number of para-hydroxylation sites is 2. The minimum absolute atomic E-state index is 0.132. The van der Waals surface area contributed by atoms with Crippen molar-refractivity contribution in [3.05, 3.63) is 65.5 Å². The van der Waals surface area contributed by atoms with Gasteiger partial charge >= 0.3 is 0 Å². The van der Waals surface area contributed by atoms with E-state index in [4.69, 9.17) is 10.7 Å². The van der Waals surface area contributed by atoms with Gasteiger partial charge in [0.15, 0.2) is 0 Å². The van der Waals surface area contributed by atoms with Gasteiger partial charge in [-0.05, 0) is 24.6 Å². The zero-order chi connectivity index (χ0) is 14.8. The van der Waals surface area contributed by atoms with E-state index in [0.717, 1.165) is 23.3 Å². The van der Waals surface area contributed by atoms with Gasteiger partial charge in [-0.2, -0.15) is 0 Å². The van der Waals surface area contributed by atoms with Crippen LogP contribution < -0.4 is 5.73 Å². The fourth-order valence-electron chi connectivity index (χ4n) is 2.87. The number of imidazole rings is 1. The minimum Gasteiger partial charge on any atom is -0.328 e. The second kappa shape index (κ2) is 5.70. The van der Waals surface area contributed by atoms with Gasteiger partial charge in [-0.15, -0.1) is 0 Å². The maximum atomic E-state index is 6.10. The first kappa shape index (κ1) is 13.8. The smallest absolute Gasteiger partial charge is 0.110 e. The second-order valence-corrected chi connectivity index (χ2v) is 5.40. The molecule has 3 aromatic rings. The molecule has 0 bridgehead atoms. The maximum Gasteiger partial charge on any atom is 0.110 e. The normalized spacial score (nSPS) is 12.7. The second-order valence-electron chi connectivity index (χ2n) is 5.40. The van der Waals surface area contributed by atoms with Gasteiger partial charge in [0.25, 0.3) is 0 Å². The van der Waals surface area contributed by atoms with Gasteiger partial charge in [0, 0.05) is 13.0 Å². The summed E-state index contributed by atoms with van der Waals surface area (Å²) in [4.78, 5) is 4.75. The van der Waals surface area contributed by atoms with Crippen LogP contribution in [-0.2, 0) is 6.42 Å². The van der Waals surface area contributed by atoms with E-state index in [9.17, 15) is 0 Å². The Morgan fingerprint density at radius 2 is 1.81 bits per heavy atom. The number of rotatable bonds is 4. The molecule has 0 aliphatic rings. The van der Waals surface area contributed by atoms with E-state index in [1.165, 1.54) is 11.1 Å². The minimum atomic E-state index is 0.132. The molecule has 1 aromatic heterocycles. The van der Waals surface area contributed by atoms with Gasteiger partial charge in [-0.3, -0.25) is 0 Å². The van der Waals surface area contributed by atoms with E-state index in [-0.39, 0.29) is 6.04 Å². The first-order chi connectivity index (χ1) is 10.2. The standard InChI is InChI=1S/C18H21N3/c1-3-18-20-15-6-4-5-7-16(15)21(18)17(12-19)14-10-8-13(2)9-11-14/h4-11,17H,3,12,19H2,1-2H3. The Kier molecular flexibility index (Phi) is 3.76. The Morgan fingerprint density at radius 3 is 2.48 bits per heavy atom. The van der Waals surface area contributed by atoms with Crippen LogP contribution in [0.15, 0.2) is 48.5 Å². The third-order valence-electron chi connectivity index (χ3n) is 3.98. The Labute approximate surface area is 125 Å². The lowest BCUT2D eigenvalue weighted by Gasteiger charge is -2.21. The molecule has 0 spiro atoms. The van der Waals surface area contributed by atoms with Crippen LogP contribution in [0.3, 0.4) is 0 Å². The molecule has 0 saturated heterocycles. The maximum absolute atomic E-state index is 6.10. The third kappa shape index (κ3) is 2.45. The number of aromatic nitrogens is 2. The Morgan fingerprint density at radius 1 is 1.10 bits per heavy atom. The van der Waals surface area contributed by atoms with Crippen LogP contribution >= 0.6 is 0 Å². The molecule has 1 atom stereocenters. The van der Waals surface area contributed by atoms with Gasteiger partial charge < -0.3 is 10.3 Å². The van der Waals surface area contributed by atoms with Gasteiger partial charge in [-0.25, -0.2) is 4.98 Å². The van der Waals surface area contributed by atoms with Crippen molar-refractivity contribution < 1.29 is 0 Å². The molecular weight excluding hydrogens is 258 g/mol. The van der Waals surface area contributed by atoms with E-state index in [2.05, 4.69) is 60.9 Å². The van der Waals surface area contributed by atoms with Crippen molar-refractivity contribution in [2.75, 3.05) is 6.54 Å². The number of nitrogens with two attached hydrogens (primary N) is 1. The molecule has 1 heterocycles. The molecule has 0 aliphatic heterocycles. The molecule has 1 unspecified atom stereocenters. The Bertz CT molecular complexity index is 741. The largest absolute Gasteiger partial charge is 0.328 e. The molecule has 0 radical (unpaired) electrons. The van der Waals surface area contributed by atoms with Crippen molar-refractivity contribution in [2.45, 2.75) is 26.3 Å². The monoisotopic (exact) mass is 279 g/mol. The quantitative estimate of drug-likeness (QED) is 0.795. The fraction of sp³-hybridized carbons (Fsp3) is 0.278. The van der Waals surface area contributed by atoms with E-state index >= 15 is 0 Å². The highest BCUT2D eigenvalue weighted by molar-refractivity contribution is 5.76. The Balaban J connectivity index is 2.18. The van der Waals surface area contributed by atoms with E-state index in [0.29, 0.717) is 6.54 Å². The van der Waals surface area contributed by atoms with Crippen molar-refractivity contribution in [3.63, 3.8) is 0 Å². The predicted molar refractivity (Wildman–Crippen MR) is 87.5 cm³/mol. The van der Waals surface area contributed by atoms with Crippen molar-refractivity contribution in [3.8, 4) is 0 Å². The van der Waals surface area contributed by atoms with Crippen molar-refractivity contribution >= 4 is 11.0 Å². The topological polar surface area (TPSA) is 43.8 Å². The molecule has 0 amide bonds. The molecule has 0 aliphatic carbocycles. The summed E-state index contributed by atoms with van der Waals surface area (Å²) in [6, 6.07) is 17.0. The lowest BCUT2D eigenvalue weighted by atomic mass is 10.0. The summed E-state index contributed by atoms with van der Waals surface area (Å²) in [5.74, 6) is 1.09. The average Bonchev–Trinajstić information content (AvgIpc) is 2.89. The number of nitrogens with zero attached hydrogens (tertiary/aromatic N) is 2. The highest BCUT2D eigenvalue weighted by atomic mass is 15.1. The summed E-state index contributed by atoms with van der Waals surface area (Å²) in [5, 5.41) is 0. The van der Waals surface area contributed by atoms with Crippen LogP contribution in [-0.4, -0.2) is 16.1 Å². The van der Waals surface area contributed by atoms with Crippen molar-refractivity contribution in [1.82, 2.24) is 9.55 Å². The number of hydrogen-bond acceptors (Lipinski definition) is 2. The molecule has 0 fully saturated rings. The first-order valence-electron chi connectivity index (χ1n) is 7.47. The number of benzene rings is 2. The first-order valence-corrected chi connectivity index (χ1v) is 7.47. The molecule has 2 aromatic carbocycles. The molecule has 3 rings (SSSR count). The highest BCUT2D eigenvalue weighted by Gasteiger charge is 2.18. The summed E-state index contributed by atoms with van der Waals surface area (Å²) >= 11 is 0. The molecule has 2 N–H and O–H groups in total. The van der Waals surface area contributed by atoms with Crippen molar-refractivity contribution in [1.29, 1.82) is 0 Å². The van der Waals surface area contributed by atoms with Crippen LogP contribution in [0.1, 0.15) is 29.9 Å². The van der Waals surface area contributed by atoms with E-state index < -0.39 is 0 Å². The summed E-state index contributed by atoms with van der Waals surface area (Å²) in [6.45, 7) is 4.81. The van der Waals surface area contributed by atoms with Crippen LogP contribution in [0.2, 0.25) is 0 Å². The molecule has 3 heteroatoms. The fourth-order valence-corrected chi connectivity index (χ4v) is 2.87. The van der Waals surface area contributed by atoms with Gasteiger partial charge in [-0.1, -0.05) is 48.9 Å². The Hall–Kier alpha value is -2.13. The average molecular weight is 279 g/mol. The zero-order valence-corrected chi connectivity index (χ0v) is 12.6. The number of hydrogen-bond donors (Lipinski definition) is 1. The number of fused-ring (bicyclic) bond motifs is 1. The molecule has 0 saturated carbocycles. The lowest BCUT2D eigenvalue weighted by molar-refractivity contribution is 0.583. The third-order valence-corrected chi connectivity index (χ3v) is 3.98. The summed E-state index contributed by atoms with van der Waals surface area (Å²) in [5.41, 5.74) is 10.8. The van der Waals surface area contributed by atoms with Gasteiger partial charge in [0.1, 0.15) is 5.82 Å². The van der Waals surface area contributed by atoms with Crippen LogP contribution in [0.4, 0.5) is 0 Å². The zero-order valence-electron chi connectivity index (χ0n) is 12.6. The predicted octanol–water partition coefficient (Wildman–Crippen LogP) is 3.46. The molecule has 21 heavy (non-hydrogen) atoms. The molecule has 108 valence electrons. The lowest BCUT2D eigenvalue weighted by Crippen LogP contribution is -2.22. The van der Waals surface area contributed by atoms with Gasteiger partial charge in [0.05, 0.1) is 17.1 Å². The highest BCUT2D eigenvalue weighted by Crippen LogP contribution is 2.26. The van der Waals surface area contributed by atoms with Crippen LogP contribution in [0, 0.1) is 6.92 Å². The SMILES string of the molecule is CCc1nc2ccccc2n1C(CN)c1ccc(C)cc1. The van der Waals surface area contributed by atoms with Crippen LogP contribution in [0.5, 0.6) is 0 Å². The van der Waals surface area contributed by atoms with Crippen molar-refractivity contribution in [2.24, 2.45) is 5.73 Å². The summed E-state index contributed by atoms with van der Waals surface area (Å²) < 4.78 is 2.29. The van der Waals surface area contributed by atoms with Crippen LogP contribution in [0.25, 0.3) is 11.0 Å². The van der Waals surface area contributed by atoms with E-state index in [1.807, 2.05) is 6.07 Å². The van der Waals surface area contributed by atoms with Gasteiger partial charge in [0.2, 0.25) is 0 Å². The van der Waals surface area contributed by atoms with E-state index in [1.54, 1.807) is 0 Å². The summed E-state index contributed by atoms with van der Waals surface area (Å²) in [6.07, 6.45) is 0.900. The molecular formula is C18H21N3.